The molecule has 0 spiro atoms. The van der Waals surface area contributed by atoms with E-state index in [0.29, 0.717) is 12.0 Å². The van der Waals surface area contributed by atoms with Crippen LogP contribution in [-0.2, 0) is 6.18 Å². The molecule has 0 radical (unpaired) electrons. The molecule has 0 amide bonds. The minimum atomic E-state index is -4.46. The normalized spacial score (nSPS) is 10.6. The van der Waals surface area contributed by atoms with Gasteiger partial charge in [-0.05, 0) is 13.0 Å². The van der Waals surface area contributed by atoms with Crippen LogP contribution in [-0.4, -0.2) is 11.6 Å². The smallest absolute Gasteiger partial charge is 0.433 e. The molecule has 0 aliphatic heterocycles. The van der Waals surface area contributed by atoms with Gasteiger partial charge in [-0.2, -0.15) is 13.2 Å². The highest BCUT2D eigenvalue weighted by Gasteiger charge is 2.33. The Morgan fingerprint density at radius 1 is 1.29 bits per heavy atom. The van der Waals surface area contributed by atoms with Gasteiger partial charge in [0, 0.05) is 12.0 Å². The summed E-state index contributed by atoms with van der Waals surface area (Å²) in [6, 6.07) is 2.26. The summed E-state index contributed by atoms with van der Waals surface area (Å²) >= 11 is 0. The van der Waals surface area contributed by atoms with Gasteiger partial charge in [-0.3, -0.25) is 0 Å². The van der Waals surface area contributed by atoms with Crippen molar-refractivity contribution in [2.24, 2.45) is 0 Å². The average molecular weight is 243 g/mol. The number of aryl methyl sites for hydroxylation is 1. The Balaban J connectivity index is 2.84. The van der Waals surface area contributed by atoms with E-state index < -0.39 is 11.9 Å². The molecule has 0 atom stereocenters. The number of hydrogen-bond acceptors (Lipinski definition) is 2. The van der Waals surface area contributed by atoms with Crippen molar-refractivity contribution in [1.29, 1.82) is 0 Å². The standard InChI is InChI=1S/C12H12F3NO/c1-3-4-5-8-17-11-9(2)6-7-10(16-11)12(13,14)15/h6-7H,3,8H2,1-2H3. The molecule has 0 N–H and O–H groups in total. The van der Waals surface area contributed by atoms with Crippen LogP contribution in [0.1, 0.15) is 24.6 Å². The van der Waals surface area contributed by atoms with Crippen molar-refractivity contribution in [3.05, 3.63) is 23.4 Å². The molecule has 1 rings (SSSR count). The Morgan fingerprint density at radius 2 is 2.00 bits per heavy atom. The average Bonchev–Trinajstić information content (AvgIpc) is 2.25. The summed E-state index contributed by atoms with van der Waals surface area (Å²) in [6.07, 6.45) is -3.78. The zero-order chi connectivity index (χ0) is 12.9. The predicted molar refractivity (Wildman–Crippen MR) is 57.5 cm³/mol. The van der Waals surface area contributed by atoms with Gasteiger partial charge in [-0.25, -0.2) is 4.98 Å². The second kappa shape index (κ2) is 5.58. The van der Waals surface area contributed by atoms with Crippen molar-refractivity contribution in [3.8, 4) is 17.7 Å². The SMILES string of the molecule is CCC#CCOc1nc(C(F)(F)F)ccc1C. The van der Waals surface area contributed by atoms with Crippen LogP contribution in [0, 0.1) is 18.8 Å². The fraction of sp³-hybridized carbons (Fsp3) is 0.417. The quantitative estimate of drug-likeness (QED) is 0.744. The molecule has 0 fully saturated rings. The van der Waals surface area contributed by atoms with Gasteiger partial charge in [-0.1, -0.05) is 18.9 Å². The highest BCUT2D eigenvalue weighted by Crippen LogP contribution is 2.29. The zero-order valence-electron chi connectivity index (χ0n) is 9.56. The monoisotopic (exact) mass is 243 g/mol. The first kappa shape index (κ1) is 13.4. The first-order chi connectivity index (χ1) is 7.95. The van der Waals surface area contributed by atoms with Gasteiger partial charge in [0.15, 0.2) is 6.61 Å². The largest absolute Gasteiger partial charge is 0.464 e. The third kappa shape index (κ3) is 3.99. The van der Waals surface area contributed by atoms with Gasteiger partial charge in [-0.15, -0.1) is 5.92 Å². The lowest BCUT2D eigenvalue weighted by Crippen LogP contribution is -2.10. The van der Waals surface area contributed by atoms with E-state index in [2.05, 4.69) is 16.8 Å². The van der Waals surface area contributed by atoms with Gasteiger partial charge in [0.1, 0.15) is 5.69 Å². The van der Waals surface area contributed by atoms with Crippen molar-refractivity contribution >= 4 is 0 Å². The topological polar surface area (TPSA) is 22.1 Å². The van der Waals surface area contributed by atoms with Gasteiger partial charge < -0.3 is 4.74 Å². The molecule has 0 aromatic carbocycles. The lowest BCUT2D eigenvalue weighted by molar-refractivity contribution is -0.141. The lowest BCUT2D eigenvalue weighted by atomic mass is 10.2. The van der Waals surface area contributed by atoms with Gasteiger partial charge in [0.2, 0.25) is 5.88 Å². The number of rotatable bonds is 2. The molecule has 1 heterocycles. The van der Waals surface area contributed by atoms with Crippen LogP contribution in [0.3, 0.4) is 0 Å². The van der Waals surface area contributed by atoms with Crippen LogP contribution < -0.4 is 4.74 Å². The number of hydrogen-bond donors (Lipinski definition) is 0. The number of alkyl halides is 3. The molecule has 1 aromatic heterocycles. The number of nitrogens with zero attached hydrogens (tertiary/aromatic N) is 1. The minimum absolute atomic E-state index is 0.0229. The van der Waals surface area contributed by atoms with Crippen LogP contribution in [0.2, 0.25) is 0 Å². The van der Waals surface area contributed by atoms with E-state index in [-0.39, 0.29) is 12.5 Å². The Morgan fingerprint density at radius 3 is 2.59 bits per heavy atom. The van der Waals surface area contributed by atoms with Gasteiger partial charge in [0.25, 0.3) is 0 Å². The maximum atomic E-state index is 12.4. The van der Waals surface area contributed by atoms with Crippen molar-refractivity contribution in [1.82, 2.24) is 4.98 Å². The molecular weight excluding hydrogens is 231 g/mol. The van der Waals surface area contributed by atoms with Crippen molar-refractivity contribution in [2.45, 2.75) is 26.4 Å². The molecule has 1 aromatic rings. The summed E-state index contributed by atoms with van der Waals surface area (Å²) in [7, 11) is 0. The summed E-state index contributed by atoms with van der Waals surface area (Å²) < 4.78 is 42.3. The first-order valence-electron chi connectivity index (χ1n) is 5.08. The molecular formula is C12H12F3NO. The van der Waals surface area contributed by atoms with E-state index in [0.717, 1.165) is 6.07 Å². The number of ether oxygens (including phenoxy) is 1. The second-order valence-corrected chi connectivity index (χ2v) is 3.31. The zero-order valence-corrected chi connectivity index (χ0v) is 9.56. The van der Waals surface area contributed by atoms with Gasteiger partial charge >= 0.3 is 6.18 Å². The fourth-order valence-corrected chi connectivity index (χ4v) is 1.09. The number of halogens is 3. The Bertz CT molecular complexity index is 443. The van der Waals surface area contributed by atoms with Crippen LogP contribution in [0.15, 0.2) is 12.1 Å². The van der Waals surface area contributed by atoms with Crippen molar-refractivity contribution < 1.29 is 17.9 Å². The van der Waals surface area contributed by atoms with E-state index in [1.165, 1.54) is 6.07 Å². The van der Waals surface area contributed by atoms with E-state index in [1.807, 2.05) is 6.92 Å². The summed E-state index contributed by atoms with van der Waals surface area (Å²) in [5.74, 6) is 5.41. The van der Waals surface area contributed by atoms with E-state index >= 15 is 0 Å². The van der Waals surface area contributed by atoms with Gasteiger partial charge in [0.05, 0.1) is 0 Å². The second-order valence-electron chi connectivity index (χ2n) is 3.31. The molecule has 5 heteroatoms. The molecule has 17 heavy (non-hydrogen) atoms. The molecule has 0 aliphatic rings. The van der Waals surface area contributed by atoms with E-state index in [4.69, 9.17) is 4.74 Å². The third-order valence-electron chi connectivity index (χ3n) is 1.92. The molecule has 92 valence electrons. The summed E-state index contributed by atoms with van der Waals surface area (Å²) in [5, 5.41) is 0. The molecule has 2 nitrogen and oxygen atoms in total. The van der Waals surface area contributed by atoms with Crippen LogP contribution in [0.4, 0.5) is 13.2 Å². The lowest BCUT2D eigenvalue weighted by Gasteiger charge is -2.09. The maximum Gasteiger partial charge on any atom is 0.433 e. The summed E-state index contributed by atoms with van der Waals surface area (Å²) in [5.41, 5.74) is -0.405. The summed E-state index contributed by atoms with van der Waals surface area (Å²) in [6.45, 7) is 3.56. The predicted octanol–water partition coefficient (Wildman–Crippen LogP) is 3.20. The molecule has 0 bridgehead atoms. The highest BCUT2D eigenvalue weighted by molar-refractivity contribution is 5.28. The Labute approximate surface area is 97.8 Å². The van der Waals surface area contributed by atoms with Crippen molar-refractivity contribution in [3.63, 3.8) is 0 Å². The minimum Gasteiger partial charge on any atom is -0.464 e. The molecule has 0 saturated heterocycles. The third-order valence-corrected chi connectivity index (χ3v) is 1.92. The fourth-order valence-electron chi connectivity index (χ4n) is 1.09. The van der Waals surface area contributed by atoms with Crippen LogP contribution in [0.5, 0.6) is 5.88 Å². The van der Waals surface area contributed by atoms with Crippen LogP contribution in [0.25, 0.3) is 0 Å². The number of pyridine rings is 1. The summed E-state index contributed by atoms with van der Waals surface area (Å²) in [4.78, 5) is 3.43. The molecule has 0 unspecified atom stereocenters. The Hall–Kier alpha value is -1.70. The van der Waals surface area contributed by atoms with Crippen LogP contribution >= 0.6 is 0 Å². The maximum absolute atomic E-state index is 12.4. The number of aromatic nitrogens is 1. The first-order valence-corrected chi connectivity index (χ1v) is 5.08. The van der Waals surface area contributed by atoms with E-state index in [1.54, 1.807) is 6.92 Å². The van der Waals surface area contributed by atoms with E-state index in [9.17, 15) is 13.2 Å². The van der Waals surface area contributed by atoms with Crippen molar-refractivity contribution in [2.75, 3.05) is 6.61 Å². The Kier molecular flexibility index (Phi) is 4.38. The molecule has 0 saturated carbocycles. The highest BCUT2D eigenvalue weighted by atomic mass is 19.4. The molecule has 0 aliphatic carbocycles.